The number of nitrogens with two attached hydrogens (primary N) is 1. The highest BCUT2D eigenvalue weighted by molar-refractivity contribution is 5.36. The lowest BCUT2D eigenvalue weighted by atomic mass is 10.1. The minimum Gasteiger partial charge on any atom is -0.493 e. The van der Waals surface area contributed by atoms with Crippen LogP contribution in [0.3, 0.4) is 0 Å². The second kappa shape index (κ2) is 4.83. The molecule has 88 valence electrons. The van der Waals surface area contributed by atoms with E-state index >= 15 is 0 Å². The van der Waals surface area contributed by atoms with Crippen LogP contribution in [0.15, 0.2) is 18.2 Å². The third-order valence-corrected chi connectivity index (χ3v) is 2.95. The first-order valence-corrected chi connectivity index (χ1v) is 5.84. The van der Waals surface area contributed by atoms with Gasteiger partial charge in [-0.1, -0.05) is 18.9 Å². The molecule has 16 heavy (non-hydrogen) atoms. The molecule has 0 aromatic heterocycles. The molecule has 1 fully saturated rings. The number of hydrogen-bond acceptors (Lipinski definition) is 2. The van der Waals surface area contributed by atoms with E-state index in [9.17, 15) is 4.39 Å². The van der Waals surface area contributed by atoms with Gasteiger partial charge in [0.25, 0.3) is 0 Å². The first kappa shape index (κ1) is 11.4. The Hall–Kier alpha value is -1.09. The number of hydrogen-bond donors (Lipinski definition) is 1. The van der Waals surface area contributed by atoms with Crippen LogP contribution in [0.2, 0.25) is 0 Å². The molecule has 2 N–H and O–H groups in total. The highest BCUT2D eigenvalue weighted by atomic mass is 19.1. The van der Waals surface area contributed by atoms with E-state index in [-0.39, 0.29) is 11.9 Å². The van der Waals surface area contributed by atoms with Crippen LogP contribution in [-0.2, 0) is 0 Å². The van der Waals surface area contributed by atoms with E-state index in [4.69, 9.17) is 10.5 Å². The third kappa shape index (κ3) is 2.95. The monoisotopic (exact) mass is 223 g/mol. The summed E-state index contributed by atoms with van der Waals surface area (Å²) in [7, 11) is 0. The van der Waals surface area contributed by atoms with Gasteiger partial charge < -0.3 is 10.5 Å². The number of rotatable bonds is 5. The third-order valence-electron chi connectivity index (χ3n) is 2.95. The molecule has 1 aromatic carbocycles. The van der Waals surface area contributed by atoms with Crippen molar-refractivity contribution in [2.45, 2.75) is 32.2 Å². The van der Waals surface area contributed by atoms with Crippen LogP contribution in [0.5, 0.6) is 5.75 Å². The van der Waals surface area contributed by atoms with Crippen molar-refractivity contribution in [2.75, 3.05) is 6.61 Å². The standard InChI is InChI=1S/C13H18FNO/c1-9(15)12-5-4-11(14)8-13(12)16-7-6-10-2-3-10/h4-5,8-10H,2-3,6-7,15H2,1H3. The summed E-state index contributed by atoms with van der Waals surface area (Å²) in [5.74, 6) is 1.15. The molecule has 0 saturated heterocycles. The number of halogens is 1. The first-order valence-electron chi connectivity index (χ1n) is 5.84. The molecule has 3 heteroatoms. The van der Waals surface area contributed by atoms with Gasteiger partial charge in [-0.2, -0.15) is 0 Å². The molecule has 1 aromatic rings. The van der Waals surface area contributed by atoms with E-state index < -0.39 is 0 Å². The Morgan fingerprint density at radius 1 is 1.50 bits per heavy atom. The summed E-state index contributed by atoms with van der Waals surface area (Å²) in [4.78, 5) is 0. The fourth-order valence-corrected chi connectivity index (χ4v) is 1.75. The van der Waals surface area contributed by atoms with Crippen molar-refractivity contribution >= 4 is 0 Å². The predicted molar refractivity (Wildman–Crippen MR) is 61.8 cm³/mol. The summed E-state index contributed by atoms with van der Waals surface area (Å²) >= 11 is 0. The zero-order chi connectivity index (χ0) is 11.5. The zero-order valence-electron chi connectivity index (χ0n) is 9.58. The van der Waals surface area contributed by atoms with Gasteiger partial charge in [0, 0.05) is 17.7 Å². The van der Waals surface area contributed by atoms with Gasteiger partial charge in [-0.25, -0.2) is 4.39 Å². The summed E-state index contributed by atoms with van der Waals surface area (Å²) in [5.41, 5.74) is 6.68. The van der Waals surface area contributed by atoms with Gasteiger partial charge in [0.2, 0.25) is 0 Å². The second-order valence-electron chi connectivity index (χ2n) is 4.55. The molecule has 2 rings (SSSR count). The topological polar surface area (TPSA) is 35.2 Å². The Bertz CT molecular complexity index is 361. The first-order chi connectivity index (χ1) is 7.66. The predicted octanol–water partition coefficient (Wildman–Crippen LogP) is 3.02. The molecular formula is C13H18FNO. The largest absolute Gasteiger partial charge is 0.493 e. The van der Waals surface area contributed by atoms with Crippen LogP contribution in [0.4, 0.5) is 4.39 Å². The molecule has 0 bridgehead atoms. The van der Waals surface area contributed by atoms with Crippen LogP contribution in [-0.4, -0.2) is 6.61 Å². The van der Waals surface area contributed by atoms with Crippen molar-refractivity contribution < 1.29 is 9.13 Å². The van der Waals surface area contributed by atoms with Gasteiger partial charge in [0.05, 0.1) is 6.61 Å². The fraction of sp³-hybridized carbons (Fsp3) is 0.538. The maximum absolute atomic E-state index is 13.1. The lowest BCUT2D eigenvalue weighted by Crippen LogP contribution is -2.09. The van der Waals surface area contributed by atoms with Gasteiger partial charge in [0.1, 0.15) is 11.6 Å². The van der Waals surface area contributed by atoms with Crippen LogP contribution >= 0.6 is 0 Å². The van der Waals surface area contributed by atoms with Crippen LogP contribution in [0.25, 0.3) is 0 Å². The molecular weight excluding hydrogens is 205 g/mol. The molecule has 0 heterocycles. The Morgan fingerprint density at radius 2 is 2.25 bits per heavy atom. The van der Waals surface area contributed by atoms with E-state index in [1.54, 1.807) is 6.07 Å². The summed E-state index contributed by atoms with van der Waals surface area (Å²) in [6.07, 6.45) is 3.69. The summed E-state index contributed by atoms with van der Waals surface area (Å²) < 4.78 is 18.7. The van der Waals surface area contributed by atoms with Crippen LogP contribution in [0.1, 0.15) is 37.8 Å². The van der Waals surface area contributed by atoms with Crippen molar-refractivity contribution in [3.63, 3.8) is 0 Å². The summed E-state index contributed by atoms with van der Waals surface area (Å²) in [5, 5.41) is 0. The van der Waals surface area contributed by atoms with Crippen molar-refractivity contribution in [2.24, 2.45) is 11.7 Å². The highest BCUT2D eigenvalue weighted by Crippen LogP contribution is 2.33. The van der Waals surface area contributed by atoms with Gasteiger partial charge in [-0.3, -0.25) is 0 Å². The van der Waals surface area contributed by atoms with Gasteiger partial charge >= 0.3 is 0 Å². The summed E-state index contributed by atoms with van der Waals surface area (Å²) in [6, 6.07) is 4.42. The molecule has 1 saturated carbocycles. The van der Waals surface area contributed by atoms with Crippen molar-refractivity contribution in [3.8, 4) is 5.75 Å². The SMILES string of the molecule is CC(N)c1ccc(F)cc1OCCC1CC1. The maximum Gasteiger partial charge on any atom is 0.126 e. The fourth-order valence-electron chi connectivity index (χ4n) is 1.75. The average molecular weight is 223 g/mol. The maximum atomic E-state index is 13.1. The van der Waals surface area contributed by atoms with E-state index in [1.165, 1.54) is 25.0 Å². The molecule has 0 spiro atoms. The Labute approximate surface area is 95.6 Å². The Balaban J connectivity index is 2.00. The molecule has 0 amide bonds. The molecule has 1 aliphatic rings. The molecule has 1 aliphatic carbocycles. The average Bonchev–Trinajstić information content (AvgIpc) is 3.01. The van der Waals surface area contributed by atoms with Crippen LogP contribution in [0, 0.1) is 11.7 Å². The molecule has 1 unspecified atom stereocenters. The van der Waals surface area contributed by atoms with E-state index in [2.05, 4.69) is 0 Å². The molecule has 0 radical (unpaired) electrons. The van der Waals surface area contributed by atoms with Crippen molar-refractivity contribution in [1.82, 2.24) is 0 Å². The Morgan fingerprint density at radius 3 is 2.88 bits per heavy atom. The lowest BCUT2D eigenvalue weighted by Gasteiger charge is -2.13. The summed E-state index contributed by atoms with van der Waals surface area (Å²) in [6.45, 7) is 2.54. The highest BCUT2D eigenvalue weighted by Gasteiger charge is 2.21. The van der Waals surface area contributed by atoms with Gasteiger partial charge in [0.15, 0.2) is 0 Å². The second-order valence-corrected chi connectivity index (χ2v) is 4.55. The van der Waals surface area contributed by atoms with Crippen LogP contribution < -0.4 is 10.5 Å². The molecule has 1 atom stereocenters. The smallest absolute Gasteiger partial charge is 0.126 e. The van der Waals surface area contributed by atoms with E-state index in [1.807, 2.05) is 6.92 Å². The van der Waals surface area contributed by atoms with E-state index in [0.717, 1.165) is 17.9 Å². The van der Waals surface area contributed by atoms with Gasteiger partial charge in [-0.15, -0.1) is 0 Å². The quantitative estimate of drug-likeness (QED) is 0.832. The minimum atomic E-state index is -0.272. The Kier molecular flexibility index (Phi) is 3.44. The zero-order valence-corrected chi connectivity index (χ0v) is 9.58. The number of ether oxygens (including phenoxy) is 1. The minimum absolute atomic E-state index is 0.128. The van der Waals surface area contributed by atoms with Crippen molar-refractivity contribution in [3.05, 3.63) is 29.6 Å². The number of benzene rings is 1. The molecule has 0 aliphatic heterocycles. The lowest BCUT2D eigenvalue weighted by molar-refractivity contribution is 0.296. The normalized spacial score (nSPS) is 17.2. The molecule has 2 nitrogen and oxygen atoms in total. The van der Waals surface area contributed by atoms with Gasteiger partial charge in [-0.05, 0) is 25.3 Å². The van der Waals surface area contributed by atoms with E-state index in [0.29, 0.717) is 12.4 Å². The van der Waals surface area contributed by atoms with Crippen molar-refractivity contribution in [1.29, 1.82) is 0 Å².